The monoisotopic (exact) mass is 343 g/mol. The van der Waals surface area contributed by atoms with Crippen LogP contribution in [-0.4, -0.2) is 32.4 Å². The number of hydrogen-bond acceptors (Lipinski definition) is 6. The Labute approximate surface area is 144 Å². The molecule has 2 aromatic carbocycles. The van der Waals surface area contributed by atoms with Gasteiger partial charge in [0.2, 0.25) is 6.79 Å². The fourth-order valence-electron chi connectivity index (χ4n) is 2.32. The molecule has 130 valence electrons. The average Bonchev–Trinajstić information content (AvgIpc) is 3.08. The molecule has 1 amide bonds. The lowest BCUT2D eigenvalue weighted by molar-refractivity contribution is -0.146. The van der Waals surface area contributed by atoms with E-state index in [0.29, 0.717) is 22.9 Å². The molecule has 0 bridgehead atoms. The Morgan fingerprint density at radius 2 is 1.96 bits per heavy atom. The molecule has 7 nitrogen and oxygen atoms in total. The predicted octanol–water partition coefficient (Wildman–Crippen LogP) is 2.15. The van der Waals surface area contributed by atoms with Crippen LogP contribution in [0, 0.1) is 0 Å². The van der Waals surface area contributed by atoms with Gasteiger partial charge in [-0.2, -0.15) is 0 Å². The molecule has 0 saturated carbocycles. The Balaban J connectivity index is 1.47. The molecule has 0 atom stereocenters. The normalized spacial score (nSPS) is 11.7. The average molecular weight is 343 g/mol. The Bertz CT molecular complexity index is 789. The number of rotatable bonds is 6. The van der Waals surface area contributed by atoms with Crippen molar-refractivity contribution in [2.75, 3.05) is 25.8 Å². The molecule has 1 aliphatic rings. The molecule has 0 spiro atoms. The van der Waals surface area contributed by atoms with Crippen molar-refractivity contribution in [3.8, 4) is 17.2 Å². The summed E-state index contributed by atoms with van der Waals surface area (Å²) >= 11 is 0. The first kappa shape index (κ1) is 16.6. The highest BCUT2D eigenvalue weighted by atomic mass is 16.7. The smallest absolute Gasteiger partial charge is 0.310 e. The van der Waals surface area contributed by atoms with Gasteiger partial charge >= 0.3 is 5.97 Å². The van der Waals surface area contributed by atoms with Crippen LogP contribution in [0.2, 0.25) is 0 Å². The Hall–Kier alpha value is -3.22. The summed E-state index contributed by atoms with van der Waals surface area (Å²) in [5.74, 6) is 0.924. The van der Waals surface area contributed by atoms with Crippen molar-refractivity contribution < 1.29 is 28.5 Å². The number of nitrogens with one attached hydrogen (secondary N) is 1. The van der Waals surface area contributed by atoms with E-state index >= 15 is 0 Å². The first-order valence-electron chi connectivity index (χ1n) is 7.62. The summed E-state index contributed by atoms with van der Waals surface area (Å²) in [6.07, 6.45) is 0.0640. The number of ether oxygens (including phenoxy) is 4. The van der Waals surface area contributed by atoms with Crippen molar-refractivity contribution in [2.24, 2.45) is 0 Å². The molecule has 0 fully saturated rings. The van der Waals surface area contributed by atoms with Crippen LogP contribution in [-0.2, 0) is 20.7 Å². The third kappa shape index (κ3) is 4.41. The molecule has 1 N–H and O–H groups in total. The van der Waals surface area contributed by atoms with E-state index in [-0.39, 0.29) is 19.8 Å². The second-order valence-electron chi connectivity index (χ2n) is 5.31. The van der Waals surface area contributed by atoms with Gasteiger partial charge in [-0.25, -0.2) is 0 Å². The SMILES string of the molecule is COc1cccc(CC(=O)OCC(=O)Nc2ccc3c(c2)OCO3)c1. The number of amides is 1. The summed E-state index contributed by atoms with van der Waals surface area (Å²) < 4.78 is 20.5. The zero-order valence-electron chi connectivity index (χ0n) is 13.6. The maximum atomic E-state index is 11.9. The first-order valence-corrected chi connectivity index (χ1v) is 7.62. The minimum atomic E-state index is -0.492. The summed E-state index contributed by atoms with van der Waals surface area (Å²) in [5.41, 5.74) is 1.29. The van der Waals surface area contributed by atoms with E-state index in [4.69, 9.17) is 18.9 Å². The van der Waals surface area contributed by atoms with Crippen LogP contribution in [0.4, 0.5) is 5.69 Å². The largest absolute Gasteiger partial charge is 0.497 e. The van der Waals surface area contributed by atoms with Crippen molar-refractivity contribution in [1.29, 1.82) is 0 Å². The lowest BCUT2D eigenvalue weighted by Gasteiger charge is -2.08. The minimum Gasteiger partial charge on any atom is -0.497 e. The van der Waals surface area contributed by atoms with E-state index in [0.717, 1.165) is 5.56 Å². The van der Waals surface area contributed by atoms with Crippen molar-refractivity contribution in [2.45, 2.75) is 6.42 Å². The molecular formula is C18H17NO6. The zero-order valence-corrected chi connectivity index (χ0v) is 13.6. The van der Waals surface area contributed by atoms with Gasteiger partial charge in [0.25, 0.3) is 5.91 Å². The molecule has 0 unspecified atom stereocenters. The highest BCUT2D eigenvalue weighted by molar-refractivity contribution is 5.93. The number of methoxy groups -OCH3 is 1. The van der Waals surface area contributed by atoms with Crippen molar-refractivity contribution in [3.05, 3.63) is 48.0 Å². The predicted molar refractivity (Wildman–Crippen MR) is 88.9 cm³/mol. The third-order valence-corrected chi connectivity index (χ3v) is 3.50. The van der Waals surface area contributed by atoms with Crippen molar-refractivity contribution in [3.63, 3.8) is 0 Å². The second kappa shape index (κ2) is 7.57. The van der Waals surface area contributed by atoms with Crippen LogP contribution < -0.4 is 19.5 Å². The van der Waals surface area contributed by atoms with Crippen molar-refractivity contribution >= 4 is 17.6 Å². The van der Waals surface area contributed by atoms with Gasteiger partial charge in [0.15, 0.2) is 18.1 Å². The van der Waals surface area contributed by atoms with Crippen LogP contribution in [0.25, 0.3) is 0 Å². The molecule has 0 aromatic heterocycles. The second-order valence-corrected chi connectivity index (χ2v) is 5.31. The molecule has 1 heterocycles. The van der Waals surface area contributed by atoms with E-state index in [9.17, 15) is 9.59 Å². The van der Waals surface area contributed by atoms with E-state index in [1.54, 1.807) is 49.6 Å². The number of fused-ring (bicyclic) bond motifs is 1. The zero-order chi connectivity index (χ0) is 17.6. The maximum absolute atomic E-state index is 11.9. The maximum Gasteiger partial charge on any atom is 0.310 e. The molecule has 25 heavy (non-hydrogen) atoms. The van der Waals surface area contributed by atoms with Crippen LogP contribution in [0.5, 0.6) is 17.2 Å². The lowest BCUT2D eigenvalue weighted by atomic mass is 10.1. The minimum absolute atomic E-state index is 0.0640. The Morgan fingerprint density at radius 3 is 2.80 bits per heavy atom. The standard InChI is InChI=1S/C18H17NO6/c1-22-14-4-2-3-12(7-14)8-18(21)23-10-17(20)19-13-5-6-15-16(9-13)25-11-24-15/h2-7,9H,8,10-11H2,1H3,(H,19,20). The molecule has 0 aliphatic carbocycles. The van der Waals surface area contributed by atoms with Crippen LogP contribution in [0.15, 0.2) is 42.5 Å². The topological polar surface area (TPSA) is 83.1 Å². The van der Waals surface area contributed by atoms with Gasteiger partial charge in [-0.15, -0.1) is 0 Å². The van der Waals surface area contributed by atoms with Crippen molar-refractivity contribution in [1.82, 2.24) is 0 Å². The van der Waals surface area contributed by atoms with Gasteiger partial charge in [-0.3, -0.25) is 9.59 Å². The highest BCUT2D eigenvalue weighted by Gasteiger charge is 2.15. The number of hydrogen-bond donors (Lipinski definition) is 1. The fraction of sp³-hybridized carbons (Fsp3) is 0.222. The quantitative estimate of drug-likeness (QED) is 0.809. The van der Waals surface area contributed by atoms with E-state index in [2.05, 4.69) is 5.32 Å². The van der Waals surface area contributed by atoms with Gasteiger partial charge in [-0.1, -0.05) is 12.1 Å². The van der Waals surface area contributed by atoms with Gasteiger partial charge in [0, 0.05) is 11.8 Å². The number of anilines is 1. The van der Waals surface area contributed by atoms with Crippen LogP contribution >= 0.6 is 0 Å². The third-order valence-electron chi connectivity index (χ3n) is 3.50. The van der Waals surface area contributed by atoms with Gasteiger partial charge in [-0.05, 0) is 29.8 Å². The van der Waals surface area contributed by atoms with Crippen LogP contribution in [0.1, 0.15) is 5.56 Å². The van der Waals surface area contributed by atoms with E-state index in [1.165, 1.54) is 0 Å². The fourth-order valence-corrected chi connectivity index (χ4v) is 2.32. The molecule has 0 saturated heterocycles. The number of esters is 1. The molecule has 0 radical (unpaired) electrons. The lowest BCUT2D eigenvalue weighted by Crippen LogP contribution is -2.21. The summed E-state index contributed by atoms with van der Waals surface area (Å²) in [5, 5.41) is 2.64. The first-order chi connectivity index (χ1) is 12.1. The van der Waals surface area contributed by atoms with Crippen LogP contribution in [0.3, 0.4) is 0 Å². The summed E-state index contributed by atoms with van der Waals surface area (Å²) in [4.78, 5) is 23.7. The molecule has 2 aromatic rings. The summed E-state index contributed by atoms with van der Waals surface area (Å²) in [7, 11) is 1.55. The number of benzene rings is 2. The summed E-state index contributed by atoms with van der Waals surface area (Å²) in [6, 6.07) is 12.1. The van der Waals surface area contributed by atoms with E-state index in [1.807, 2.05) is 0 Å². The molecule has 3 rings (SSSR count). The Morgan fingerprint density at radius 1 is 1.12 bits per heavy atom. The summed E-state index contributed by atoms with van der Waals surface area (Å²) in [6.45, 7) is -0.203. The highest BCUT2D eigenvalue weighted by Crippen LogP contribution is 2.34. The van der Waals surface area contributed by atoms with Gasteiger partial charge < -0.3 is 24.3 Å². The van der Waals surface area contributed by atoms with E-state index < -0.39 is 11.9 Å². The molecule has 7 heteroatoms. The Kier molecular flexibility index (Phi) is 5.03. The number of carbonyl (C=O) groups is 2. The molecule has 1 aliphatic heterocycles. The van der Waals surface area contributed by atoms with Gasteiger partial charge in [0.05, 0.1) is 13.5 Å². The molecular weight excluding hydrogens is 326 g/mol. The number of carbonyl (C=O) groups excluding carboxylic acids is 2. The van der Waals surface area contributed by atoms with Gasteiger partial charge in [0.1, 0.15) is 5.75 Å².